The number of benzene rings is 2. The molecule has 0 aliphatic heterocycles. The van der Waals surface area contributed by atoms with E-state index in [9.17, 15) is 9.59 Å². The van der Waals surface area contributed by atoms with Gasteiger partial charge in [0.25, 0.3) is 0 Å². The molecule has 0 heterocycles. The highest BCUT2D eigenvalue weighted by atomic mass is 16.6. The van der Waals surface area contributed by atoms with Gasteiger partial charge in [0.15, 0.2) is 0 Å². The lowest BCUT2D eigenvalue weighted by Crippen LogP contribution is -2.41. The molecule has 0 aliphatic rings. The van der Waals surface area contributed by atoms with Gasteiger partial charge in [0.1, 0.15) is 12.2 Å². The first-order valence-electron chi connectivity index (χ1n) is 11.9. The van der Waals surface area contributed by atoms with Crippen molar-refractivity contribution in [2.45, 2.75) is 72.5 Å². The summed E-state index contributed by atoms with van der Waals surface area (Å²) in [5.41, 5.74) is 1.11. The van der Waals surface area contributed by atoms with E-state index < -0.39 is 0 Å². The second-order valence-corrected chi connectivity index (χ2v) is 8.86. The molecular weight excluding hydrogens is 400 g/mol. The maximum Gasteiger partial charge on any atom is 0.338 e. The molecule has 32 heavy (non-hydrogen) atoms. The molecule has 0 spiro atoms. The number of hydrogen-bond acceptors (Lipinski definition) is 4. The van der Waals surface area contributed by atoms with E-state index in [0.717, 1.165) is 25.7 Å². The molecule has 0 fully saturated rings. The summed E-state index contributed by atoms with van der Waals surface area (Å²) in [5, 5.41) is 0. The molecule has 2 rings (SSSR count). The minimum absolute atomic E-state index is 0.101. The fourth-order valence-corrected chi connectivity index (χ4v) is 4.47. The molecule has 174 valence electrons. The standard InChI is InChI=1S/C28H38O4/c1-6-14-24(21(5)31-27(29)22-16-10-8-11-17-22)25(15-7-2)26(20(3)4)32-28(30)23-18-12-9-13-19-23/h8-13,16-21,24-26H,6-7,14-15H2,1-5H3. The summed E-state index contributed by atoms with van der Waals surface area (Å²) in [4.78, 5) is 25.6. The highest BCUT2D eigenvalue weighted by Gasteiger charge is 2.37. The van der Waals surface area contributed by atoms with E-state index in [1.54, 1.807) is 24.3 Å². The molecule has 0 aromatic heterocycles. The predicted molar refractivity (Wildman–Crippen MR) is 129 cm³/mol. The Morgan fingerprint density at radius 3 is 1.56 bits per heavy atom. The first kappa shape index (κ1) is 25.6. The molecule has 4 atom stereocenters. The first-order valence-corrected chi connectivity index (χ1v) is 11.9. The number of ether oxygens (including phenoxy) is 2. The Kier molecular flexibility index (Phi) is 10.5. The molecule has 0 bridgehead atoms. The van der Waals surface area contributed by atoms with Crippen LogP contribution in [0.25, 0.3) is 0 Å². The van der Waals surface area contributed by atoms with Crippen LogP contribution in [0.2, 0.25) is 0 Å². The molecule has 2 aromatic rings. The van der Waals surface area contributed by atoms with Crippen LogP contribution in [-0.4, -0.2) is 24.1 Å². The summed E-state index contributed by atoms with van der Waals surface area (Å²) in [5.74, 6) is -0.253. The topological polar surface area (TPSA) is 52.6 Å². The van der Waals surface area contributed by atoms with Crippen LogP contribution in [-0.2, 0) is 9.47 Å². The van der Waals surface area contributed by atoms with Crippen molar-refractivity contribution in [2.75, 3.05) is 0 Å². The normalized spacial score (nSPS) is 14.9. The number of esters is 2. The third-order valence-corrected chi connectivity index (χ3v) is 6.03. The van der Waals surface area contributed by atoms with Crippen molar-refractivity contribution < 1.29 is 19.1 Å². The molecule has 0 radical (unpaired) electrons. The van der Waals surface area contributed by atoms with Gasteiger partial charge in [-0.2, -0.15) is 0 Å². The Labute approximate surface area is 193 Å². The van der Waals surface area contributed by atoms with Gasteiger partial charge < -0.3 is 9.47 Å². The zero-order valence-electron chi connectivity index (χ0n) is 20.1. The van der Waals surface area contributed by atoms with Crippen LogP contribution in [0.3, 0.4) is 0 Å². The van der Waals surface area contributed by atoms with Crippen molar-refractivity contribution in [3.8, 4) is 0 Å². The van der Waals surface area contributed by atoms with Crippen LogP contribution in [0, 0.1) is 17.8 Å². The van der Waals surface area contributed by atoms with Crippen LogP contribution in [0.1, 0.15) is 81.0 Å². The third-order valence-electron chi connectivity index (χ3n) is 6.03. The smallest absolute Gasteiger partial charge is 0.338 e. The molecule has 4 nitrogen and oxygen atoms in total. The lowest BCUT2D eigenvalue weighted by molar-refractivity contribution is -0.0466. The van der Waals surface area contributed by atoms with Crippen LogP contribution in [0.4, 0.5) is 0 Å². The Balaban J connectivity index is 2.25. The number of rotatable bonds is 12. The second-order valence-electron chi connectivity index (χ2n) is 8.86. The maximum absolute atomic E-state index is 12.9. The quantitative estimate of drug-likeness (QED) is 0.337. The van der Waals surface area contributed by atoms with E-state index in [4.69, 9.17) is 9.47 Å². The van der Waals surface area contributed by atoms with Gasteiger partial charge in [-0.25, -0.2) is 9.59 Å². The van der Waals surface area contributed by atoms with Crippen molar-refractivity contribution in [2.24, 2.45) is 17.8 Å². The monoisotopic (exact) mass is 438 g/mol. The second kappa shape index (κ2) is 13.0. The van der Waals surface area contributed by atoms with Crippen LogP contribution in [0.5, 0.6) is 0 Å². The summed E-state index contributed by atoms with van der Waals surface area (Å²) in [6, 6.07) is 18.2. The number of carbonyl (C=O) groups is 2. The van der Waals surface area contributed by atoms with Crippen molar-refractivity contribution in [3.05, 3.63) is 71.8 Å². The summed E-state index contributed by atoms with van der Waals surface area (Å²) < 4.78 is 12.0. The third kappa shape index (κ3) is 7.22. The van der Waals surface area contributed by atoms with E-state index >= 15 is 0 Å². The summed E-state index contributed by atoms with van der Waals surface area (Å²) in [7, 11) is 0. The van der Waals surface area contributed by atoms with Crippen LogP contribution in [0.15, 0.2) is 60.7 Å². The van der Waals surface area contributed by atoms with E-state index in [0.29, 0.717) is 11.1 Å². The van der Waals surface area contributed by atoms with Crippen LogP contribution >= 0.6 is 0 Å². The molecule has 4 heteroatoms. The van der Waals surface area contributed by atoms with Crippen LogP contribution < -0.4 is 0 Å². The molecular formula is C28H38O4. The summed E-state index contributed by atoms with van der Waals surface area (Å²) in [6.45, 7) is 10.4. The van der Waals surface area contributed by atoms with Gasteiger partial charge >= 0.3 is 11.9 Å². The van der Waals surface area contributed by atoms with Crippen molar-refractivity contribution in [1.29, 1.82) is 0 Å². The zero-order valence-corrected chi connectivity index (χ0v) is 20.1. The van der Waals surface area contributed by atoms with Gasteiger partial charge in [-0.05, 0) is 49.9 Å². The SMILES string of the molecule is CCCC(C(C)OC(=O)c1ccccc1)C(CCC)C(OC(=O)c1ccccc1)C(C)C. The maximum atomic E-state index is 12.9. The van der Waals surface area contributed by atoms with E-state index in [-0.39, 0.29) is 41.9 Å². The Morgan fingerprint density at radius 1 is 0.688 bits per heavy atom. The number of carbonyl (C=O) groups excluding carboxylic acids is 2. The first-order chi connectivity index (χ1) is 15.4. The lowest BCUT2D eigenvalue weighted by Gasteiger charge is -2.38. The molecule has 4 unspecified atom stereocenters. The predicted octanol–water partition coefficient (Wildman–Crippen LogP) is 6.95. The van der Waals surface area contributed by atoms with Gasteiger partial charge in [0, 0.05) is 11.8 Å². The van der Waals surface area contributed by atoms with E-state index in [1.807, 2.05) is 43.3 Å². The summed E-state index contributed by atoms with van der Waals surface area (Å²) in [6.07, 6.45) is 3.21. The fraction of sp³-hybridized carbons (Fsp3) is 0.500. The highest BCUT2D eigenvalue weighted by molar-refractivity contribution is 5.90. The largest absolute Gasteiger partial charge is 0.459 e. The Bertz CT molecular complexity index is 816. The molecule has 0 saturated carbocycles. The molecule has 2 aromatic carbocycles. The number of hydrogen-bond donors (Lipinski definition) is 0. The molecule has 0 N–H and O–H groups in total. The van der Waals surface area contributed by atoms with Gasteiger partial charge in [-0.1, -0.05) is 76.9 Å². The minimum Gasteiger partial charge on any atom is -0.459 e. The van der Waals surface area contributed by atoms with Crippen molar-refractivity contribution >= 4 is 11.9 Å². The van der Waals surface area contributed by atoms with Gasteiger partial charge in [-0.3, -0.25) is 0 Å². The van der Waals surface area contributed by atoms with Gasteiger partial charge in [-0.15, -0.1) is 0 Å². The van der Waals surface area contributed by atoms with Gasteiger partial charge in [0.05, 0.1) is 11.1 Å². The van der Waals surface area contributed by atoms with Crippen molar-refractivity contribution in [3.63, 3.8) is 0 Å². The molecule has 0 saturated heterocycles. The summed E-state index contributed by atoms with van der Waals surface area (Å²) >= 11 is 0. The highest BCUT2D eigenvalue weighted by Crippen LogP contribution is 2.35. The average Bonchev–Trinajstić information content (AvgIpc) is 2.80. The Hall–Kier alpha value is -2.62. The lowest BCUT2D eigenvalue weighted by atomic mass is 9.75. The van der Waals surface area contributed by atoms with Gasteiger partial charge in [0.2, 0.25) is 0 Å². The fourth-order valence-electron chi connectivity index (χ4n) is 4.47. The van der Waals surface area contributed by atoms with E-state index in [1.165, 1.54) is 0 Å². The zero-order chi connectivity index (χ0) is 23.5. The molecule has 0 aliphatic carbocycles. The minimum atomic E-state index is -0.308. The average molecular weight is 439 g/mol. The van der Waals surface area contributed by atoms with E-state index in [2.05, 4.69) is 27.7 Å². The van der Waals surface area contributed by atoms with Crippen molar-refractivity contribution in [1.82, 2.24) is 0 Å². The Morgan fingerprint density at radius 2 is 1.12 bits per heavy atom. The molecule has 0 amide bonds.